The Bertz CT molecular complexity index is 735. The lowest BCUT2D eigenvalue weighted by Crippen LogP contribution is -2.55. The molecule has 4 atom stereocenters. The number of halogens is 4. The molecule has 1 saturated heterocycles. The Morgan fingerprint density at radius 2 is 2.14 bits per heavy atom. The molecule has 7 nitrogen and oxygen atoms in total. The van der Waals surface area contributed by atoms with E-state index < -0.39 is 60.4 Å². The lowest BCUT2D eigenvalue weighted by molar-refractivity contribution is -0.274. The first-order chi connectivity index (χ1) is 10.5. The summed E-state index contributed by atoms with van der Waals surface area (Å²) in [6.45, 7) is -1.20. The zero-order chi connectivity index (χ0) is 17.7. The molecular formula is C10H10F4N2O5. The van der Waals surface area contributed by atoms with E-state index in [0.717, 1.165) is 0 Å². The van der Waals surface area contributed by atoms with Crippen LogP contribution in [-0.4, -0.2) is 50.4 Å². The second kappa shape index (κ2) is 4.93. The van der Waals surface area contributed by atoms with Crippen LogP contribution in [0.15, 0.2) is 21.8 Å². The van der Waals surface area contributed by atoms with Gasteiger partial charge in [-0.3, -0.25) is 14.3 Å². The van der Waals surface area contributed by atoms with Gasteiger partial charge in [-0.25, -0.2) is 9.18 Å². The number of H-pyrrole nitrogens is 1. The molecule has 0 saturated carbocycles. The largest absolute Gasteiger partial charge is 0.429 e. The first kappa shape index (κ1) is 13.0. The maximum atomic E-state index is 14.6. The fourth-order valence-electron chi connectivity index (χ4n) is 1.97. The number of aliphatic hydroxyl groups excluding tert-OH is 2. The molecule has 3 N–H and O–H groups in total. The summed E-state index contributed by atoms with van der Waals surface area (Å²) in [6.07, 6.45) is -14.9. The summed E-state index contributed by atoms with van der Waals surface area (Å²) in [5.74, 6) is 0. The van der Waals surface area contributed by atoms with Crippen LogP contribution in [0.1, 0.15) is 8.97 Å². The summed E-state index contributed by atoms with van der Waals surface area (Å²) in [4.78, 5) is 24.3. The first-order valence-electron chi connectivity index (χ1n) is 6.48. The molecule has 0 spiro atoms. The van der Waals surface area contributed by atoms with Gasteiger partial charge in [0.15, 0.2) is 6.23 Å². The summed E-state index contributed by atoms with van der Waals surface area (Å²) < 4.78 is 72.8. The molecule has 0 aliphatic carbocycles. The van der Waals surface area contributed by atoms with Crippen LogP contribution >= 0.6 is 0 Å². The zero-order valence-corrected chi connectivity index (χ0v) is 10.0. The van der Waals surface area contributed by atoms with Crippen LogP contribution in [0.4, 0.5) is 17.6 Å². The monoisotopic (exact) mass is 316 g/mol. The second-order valence-corrected chi connectivity index (χ2v) is 4.29. The highest BCUT2D eigenvalue weighted by atomic mass is 19.4. The number of alkyl halides is 4. The number of hydrogen-bond donors (Lipinski definition) is 3. The maximum absolute atomic E-state index is 14.6. The van der Waals surface area contributed by atoms with Gasteiger partial charge in [-0.15, -0.1) is 0 Å². The molecule has 1 aromatic heterocycles. The highest BCUT2D eigenvalue weighted by molar-refractivity contribution is 5.07. The van der Waals surface area contributed by atoms with Crippen molar-refractivity contribution >= 4 is 0 Å². The predicted molar refractivity (Wildman–Crippen MR) is 58.2 cm³/mol. The molecule has 0 radical (unpaired) electrons. The lowest BCUT2D eigenvalue weighted by Gasteiger charge is -2.30. The molecule has 118 valence electrons. The molecule has 11 heteroatoms. The molecule has 0 aromatic carbocycles. The standard InChI is InChI=1S/C10H10F4N2O5/c11-9(10(12,13)14)6(19)4(3-17)21-7(9)16-2-1-5(18)15-8(16)20/h1-2,4,6-7,17,19H,3H2,(H,15,18,20)/t4-,6?,7-,9-/m1/s1/i1D,2D. The zero-order valence-electron chi connectivity index (χ0n) is 12.0. The number of nitrogens with zero attached hydrogens (tertiary/aromatic N) is 1. The molecule has 0 bridgehead atoms. The average molecular weight is 316 g/mol. The van der Waals surface area contributed by atoms with E-state index >= 15 is 0 Å². The fourth-order valence-corrected chi connectivity index (χ4v) is 1.97. The number of rotatable bonds is 2. The molecule has 2 heterocycles. The smallest absolute Gasteiger partial charge is 0.394 e. The van der Waals surface area contributed by atoms with Gasteiger partial charge >= 0.3 is 11.9 Å². The molecular weight excluding hydrogens is 304 g/mol. The lowest BCUT2D eigenvalue weighted by atomic mass is 9.95. The summed E-state index contributed by atoms with van der Waals surface area (Å²) in [5, 5.41) is 18.4. The highest BCUT2D eigenvalue weighted by Gasteiger charge is 2.72. The molecule has 1 fully saturated rings. The number of aliphatic hydroxyl groups is 2. The Morgan fingerprint density at radius 1 is 1.52 bits per heavy atom. The van der Waals surface area contributed by atoms with Crippen molar-refractivity contribution in [1.82, 2.24) is 9.55 Å². The topological polar surface area (TPSA) is 105 Å². The average Bonchev–Trinajstić information content (AvgIpc) is 2.70. The van der Waals surface area contributed by atoms with Crippen LogP contribution in [0.3, 0.4) is 0 Å². The number of nitrogens with one attached hydrogen (secondary N) is 1. The van der Waals surface area contributed by atoms with Gasteiger partial charge in [0.2, 0.25) is 0 Å². The second-order valence-electron chi connectivity index (χ2n) is 4.29. The van der Waals surface area contributed by atoms with Crippen molar-refractivity contribution in [3.63, 3.8) is 0 Å². The third-order valence-electron chi connectivity index (χ3n) is 3.02. The van der Waals surface area contributed by atoms with Crippen LogP contribution in [0.5, 0.6) is 0 Å². The molecule has 1 aromatic rings. The third-order valence-corrected chi connectivity index (χ3v) is 3.02. The van der Waals surface area contributed by atoms with Crippen LogP contribution in [-0.2, 0) is 4.74 Å². The fraction of sp³-hybridized carbons (Fsp3) is 0.600. The summed E-state index contributed by atoms with van der Waals surface area (Å²) in [6, 6.07) is -1.19. The van der Waals surface area contributed by atoms with E-state index in [0.29, 0.717) is 0 Å². The van der Waals surface area contributed by atoms with Crippen molar-refractivity contribution in [3.8, 4) is 0 Å². The quantitative estimate of drug-likeness (QED) is 0.611. The van der Waals surface area contributed by atoms with E-state index in [2.05, 4.69) is 4.74 Å². The van der Waals surface area contributed by atoms with Gasteiger partial charge in [-0.1, -0.05) is 0 Å². The normalized spacial score (nSPS) is 34.7. The van der Waals surface area contributed by atoms with E-state index in [4.69, 9.17) is 7.85 Å². The van der Waals surface area contributed by atoms with E-state index in [1.807, 2.05) is 0 Å². The van der Waals surface area contributed by atoms with Gasteiger partial charge in [0.25, 0.3) is 11.2 Å². The Morgan fingerprint density at radius 3 is 2.67 bits per heavy atom. The van der Waals surface area contributed by atoms with Gasteiger partial charge in [0.05, 0.1) is 9.35 Å². The van der Waals surface area contributed by atoms with Gasteiger partial charge in [0, 0.05) is 12.2 Å². The number of hydrogen-bond acceptors (Lipinski definition) is 5. The Hall–Kier alpha value is -1.72. The van der Waals surface area contributed by atoms with Crippen molar-refractivity contribution in [2.45, 2.75) is 30.3 Å². The summed E-state index contributed by atoms with van der Waals surface area (Å²) in [5.41, 5.74) is -7.52. The van der Waals surface area contributed by atoms with Crippen LogP contribution in [0.25, 0.3) is 0 Å². The van der Waals surface area contributed by atoms with Crippen molar-refractivity contribution in [3.05, 3.63) is 33.1 Å². The minimum absolute atomic E-state index is 0.240. The number of ether oxygens (including phenoxy) is 1. The van der Waals surface area contributed by atoms with Gasteiger partial charge in [-0.05, 0) is 0 Å². The third kappa shape index (κ3) is 2.26. The van der Waals surface area contributed by atoms with Gasteiger partial charge in [0.1, 0.15) is 12.2 Å². The predicted octanol–water partition coefficient (Wildman–Crippen LogP) is -0.942. The van der Waals surface area contributed by atoms with E-state index in [1.165, 1.54) is 4.98 Å². The molecule has 1 aliphatic rings. The molecule has 1 unspecified atom stereocenters. The van der Waals surface area contributed by atoms with Crippen LogP contribution in [0.2, 0.25) is 0 Å². The molecule has 1 aliphatic heterocycles. The highest BCUT2D eigenvalue weighted by Crippen LogP contribution is 2.50. The molecule has 0 amide bonds. The number of aromatic nitrogens is 2. The van der Waals surface area contributed by atoms with E-state index in [-0.39, 0.29) is 4.57 Å². The minimum atomic E-state index is -5.73. The summed E-state index contributed by atoms with van der Waals surface area (Å²) >= 11 is 0. The van der Waals surface area contributed by atoms with Crippen molar-refractivity contribution < 1.29 is 35.3 Å². The van der Waals surface area contributed by atoms with Crippen molar-refractivity contribution in [2.75, 3.05) is 6.61 Å². The Labute approximate surface area is 116 Å². The van der Waals surface area contributed by atoms with Crippen LogP contribution in [0, 0.1) is 0 Å². The Kier molecular flexibility index (Phi) is 3.05. The number of aromatic amines is 1. The van der Waals surface area contributed by atoms with Gasteiger partial charge in [-0.2, -0.15) is 13.2 Å². The van der Waals surface area contributed by atoms with Crippen LogP contribution < -0.4 is 11.2 Å². The summed E-state index contributed by atoms with van der Waals surface area (Å²) in [7, 11) is 0. The molecule has 21 heavy (non-hydrogen) atoms. The van der Waals surface area contributed by atoms with E-state index in [1.54, 1.807) is 0 Å². The van der Waals surface area contributed by atoms with E-state index in [9.17, 15) is 32.3 Å². The SMILES string of the molecule is [2H]c1c([2H])n([C@@H]2O[C@H](CO)C(O)[C@]2(F)C(F)(F)F)c(=O)[nH]c1=O. The Balaban J connectivity index is 2.74. The van der Waals surface area contributed by atoms with Gasteiger partial charge < -0.3 is 14.9 Å². The minimum Gasteiger partial charge on any atom is -0.394 e. The van der Waals surface area contributed by atoms with Crippen molar-refractivity contribution in [2.24, 2.45) is 0 Å². The first-order valence-corrected chi connectivity index (χ1v) is 5.48. The molecule has 2 rings (SSSR count). The van der Waals surface area contributed by atoms with Crippen molar-refractivity contribution in [1.29, 1.82) is 0 Å². The maximum Gasteiger partial charge on any atom is 0.429 e.